The largest absolute Gasteiger partial charge is 0.494 e. The molecule has 0 aliphatic rings. The molecule has 0 saturated heterocycles. The molecule has 0 aliphatic carbocycles. The number of hydrogen-bond donors (Lipinski definition) is 2. The molecule has 2 amide bonds. The lowest BCUT2D eigenvalue weighted by molar-refractivity contribution is -0.136. The molecule has 0 saturated carbocycles. The van der Waals surface area contributed by atoms with Crippen molar-refractivity contribution in [1.29, 1.82) is 0 Å². The summed E-state index contributed by atoms with van der Waals surface area (Å²) < 4.78 is 11.1. The van der Waals surface area contributed by atoms with Crippen molar-refractivity contribution in [1.82, 2.24) is 5.43 Å². The number of hydrazone groups is 1. The van der Waals surface area contributed by atoms with Crippen molar-refractivity contribution < 1.29 is 19.1 Å². The first kappa shape index (κ1) is 20.6. The molecule has 2 N–H and O–H groups in total. The molecule has 0 heterocycles. The third-order valence-electron chi connectivity index (χ3n) is 3.85. The van der Waals surface area contributed by atoms with Gasteiger partial charge in [-0.2, -0.15) is 5.10 Å². The average Bonchev–Trinajstić information content (AvgIpc) is 2.76. The van der Waals surface area contributed by atoms with E-state index >= 15 is 0 Å². The van der Waals surface area contributed by atoms with Gasteiger partial charge >= 0.3 is 11.8 Å². The Morgan fingerprint density at radius 2 is 1.60 bits per heavy atom. The summed E-state index contributed by atoms with van der Waals surface area (Å²) >= 11 is 0. The molecular weight excluding hydrogens is 382 g/mol. The van der Waals surface area contributed by atoms with Crippen LogP contribution in [-0.2, 0) is 9.59 Å². The lowest BCUT2D eigenvalue weighted by Crippen LogP contribution is -2.32. The van der Waals surface area contributed by atoms with Crippen LogP contribution >= 0.6 is 0 Å². The van der Waals surface area contributed by atoms with Crippen LogP contribution in [0.5, 0.6) is 17.2 Å². The zero-order chi connectivity index (χ0) is 21.2. The molecule has 0 fully saturated rings. The van der Waals surface area contributed by atoms with Crippen LogP contribution in [0.25, 0.3) is 0 Å². The van der Waals surface area contributed by atoms with E-state index in [1.807, 2.05) is 43.3 Å². The molecule has 0 aromatic heterocycles. The number of para-hydroxylation sites is 1. The number of anilines is 1. The topological polar surface area (TPSA) is 89.0 Å². The maximum atomic E-state index is 12.0. The Kier molecular flexibility index (Phi) is 7.16. The zero-order valence-corrected chi connectivity index (χ0v) is 16.4. The molecule has 7 heteroatoms. The maximum absolute atomic E-state index is 12.0. The van der Waals surface area contributed by atoms with E-state index in [9.17, 15) is 9.59 Å². The van der Waals surface area contributed by atoms with Gasteiger partial charge in [0.15, 0.2) is 0 Å². The number of nitrogens with one attached hydrogen (secondary N) is 2. The van der Waals surface area contributed by atoms with Crippen LogP contribution in [0, 0.1) is 0 Å². The average molecular weight is 403 g/mol. The normalized spacial score (nSPS) is 10.4. The summed E-state index contributed by atoms with van der Waals surface area (Å²) in [5.74, 6) is 0.327. The van der Waals surface area contributed by atoms with Crippen molar-refractivity contribution >= 4 is 23.7 Å². The molecule has 7 nitrogen and oxygen atoms in total. The van der Waals surface area contributed by atoms with E-state index < -0.39 is 11.8 Å². The molecule has 0 spiro atoms. The summed E-state index contributed by atoms with van der Waals surface area (Å²) in [6.07, 6.45) is 1.43. The molecule has 152 valence electrons. The van der Waals surface area contributed by atoms with E-state index in [1.165, 1.54) is 6.21 Å². The van der Waals surface area contributed by atoms with Crippen LogP contribution < -0.4 is 20.2 Å². The van der Waals surface area contributed by atoms with Crippen molar-refractivity contribution in [2.75, 3.05) is 11.9 Å². The van der Waals surface area contributed by atoms with Gasteiger partial charge < -0.3 is 14.8 Å². The van der Waals surface area contributed by atoms with E-state index in [1.54, 1.807) is 42.5 Å². The van der Waals surface area contributed by atoms with Gasteiger partial charge in [-0.15, -0.1) is 0 Å². The number of carbonyl (C=O) groups excluding carboxylic acids is 2. The van der Waals surface area contributed by atoms with Crippen molar-refractivity contribution in [3.63, 3.8) is 0 Å². The van der Waals surface area contributed by atoms with Gasteiger partial charge in [-0.05, 0) is 61.0 Å². The summed E-state index contributed by atoms with van der Waals surface area (Å²) in [6, 6.07) is 23.3. The molecular formula is C23H21N3O4. The van der Waals surface area contributed by atoms with Gasteiger partial charge in [-0.3, -0.25) is 9.59 Å². The monoisotopic (exact) mass is 403 g/mol. The predicted molar refractivity (Wildman–Crippen MR) is 115 cm³/mol. The first-order chi connectivity index (χ1) is 14.6. The Labute approximate surface area is 174 Å². The second-order valence-electron chi connectivity index (χ2n) is 6.10. The van der Waals surface area contributed by atoms with Crippen molar-refractivity contribution in [2.24, 2.45) is 5.10 Å². The number of hydrogen-bond acceptors (Lipinski definition) is 5. The Morgan fingerprint density at radius 3 is 2.33 bits per heavy atom. The molecule has 0 unspecified atom stereocenters. The Balaban J connectivity index is 1.52. The molecule has 3 aromatic carbocycles. The van der Waals surface area contributed by atoms with Gasteiger partial charge in [-0.1, -0.05) is 30.3 Å². The van der Waals surface area contributed by atoms with Crippen LogP contribution in [0.15, 0.2) is 84.0 Å². The smallest absolute Gasteiger partial charge is 0.329 e. The van der Waals surface area contributed by atoms with Crippen LogP contribution in [0.4, 0.5) is 5.69 Å². The zero-order valence-electron chi connectivity index (χ0n) is 16.4. The van der Waals surface area contributed by atoms with Gasteiger partial charge in [-0.25, -0.2) is 5.43 Å². The highest BCUT2D eigenvalue weighted by atomic mass is 16.5. The molecule has 3 rings (SSSR count). The third kappa shape index (κ3) is 6.20. The Morgan fingerprint density at radius 1 is 0.867 bits per heavy atom. The minimum Gasteiger partial charge on any atom is -0.494 e. The molecule has 0 bridgehead atoms. The SMILES string of the molecule is CCOc1ccc(NC(=O)C(=O)NN=Cc2cccc(Oc3ccccc3)c2)cc1. The van der Waals surface area contributed by atoms with Crippen LogP contribution in [0.1, 0.15) is 12.5 Å². The molecule has 30 heavy (non-hydrogen) atoms. The fourth-order valence-corrected chi connectivity index (χ4v) is 2.49. The van der Waals surface area contributed by atoms with Gasteiger partial charge in [0.25, 0.3) is 0 Å². The van der Waals surface area contributed by atoms with Crippen molar-refractivity contribution in [2.45, 2.75) is 6.92 Å². The number of benzene rings is 3. The second-order valence-corrected chi connectivity index (χ2v) is 6.10. The van der Waals surface area contributed by atoms with Crippen molar-refractivity contribution in [3.8, 4) is 17.2 Å². The second kappa shape index (κ2) is 10.4. The van der Waals surface area contributed by atoms with E-state index in [2.05, 4.69) is 15.8 Å². The van der Waals surface area contributed by atoms with Crippen LogP contribution in [0.2, 0.25) is 0 Å². The fraction of sp³-hybridized carbons (Fsp3) is 0.0870. The minimum atomic E-state index is -0.878. The van der Waals surface area contributed by atoms with Gasteiger partial charge in [0.2, 0.25) is 0 Å². The van der Waals surface area contributed by atoms with Crippen molar-refractivity contribution in [3.05, 3.63) is 84.4 Å². The van der Waals surface area contributed by atoms with Gasteiger partial charge in [0, 0.05) is 5.69 Å². The number of ether oxygens (including phenoxy) is 2. The number of carbonyl (C=O) groups is 2. The number of amides is 2. The standard InChI is InChI=1S/C23H21N3O4/c1-2-29-19-13-11-18(12-14-19)25-22(27)23(28)26-24-16-17-7-6-10-21(15-17)30-20-8-4-3-5-9-20/h3-16H,2H2,1H3,(H,25,27)(H,26,28). The summed E-state index contributed by atoms with van der Waals surface area (Å²) in [5.41, 5.74) is 3.39. The van der Waals surface area contributed by atoms with E-state index in [0.29, 0.717) is 35.1 Å². The van der Waals surface area contributed by atoms with E-state index in [4.69, 9.17) is 9.47 Å². The maximum Gasteiger partial charge on any atom is 0.329 e. The minimum absolute atomic E-state index is 0.480. The lowest BCUT2D eigenvalue weighted by Gasteiger charge is -2.06. The molecule has 3 aromatic rings. The van der Waals surface area contributed by atoms with E-state index in [-0.39, 0.29) is 0 Å². The van der Waals surface area contributed by atoms with Crippen LogP contribution in [0.3, 0.4) is 0 Å². The summed E-state index contributed by atoms with van der Waals surface area (Å²) in [7, 11) is 0. The first-order valence-corrected chi connectivity index (χ1v) is 9.34. The highest BCUT2D eigenvalue weighted by Crippen LogP contribution is 2.21. The fourth-order valence-electron chi connectivity index (χ4n) is 2.49. The van der Waals surface area contributed by atoms with Gasteiger partial charge in [0.05, 0.1) is 12.8 Å². The molecule has 0 aliphatic heterocycles. The number of nitrogens with zero attached hydrogens (tertiary/aromatic N) is 1. The van der Waals surface area contributed by atoms with Gasteiger partial charge in [0.1, 0.15) is 17.2 Å². The summed E-state index contributed by atoms with van der Waals surface area (Å²) in [5, 5.41) is 6.33. The first-order valence-electron chi connectivity index (χ1n) is 9.34. The Bertz CT molecular complexity index is 1020. The molecule has 0 radical (unpaired) electrons. The van der Waals surface area contributed by atoms with E-state index in [0.717, 1.165) is 0 Å². The summed E-state index contributed by atoms with van der Waals surface area (Å²) in [4.78, 5) is 23.9. The highest BCUT2D eigenvalue weighted by molar-refractivity contribution is 6.39. The summed E-state index contributed by atoms with van der Waals surface area (Å²) in [6.45, 7) is 2.43. The highest BCUT2D eigenvalue weighted by Gasteiger charge is 2.12. The lowest BCUT2D eigenvalue weighted by atomic mass is 10.2. The Hall–Kier alpha value is -4.13. The van der Waals surface area contributed by atoms with Crippen LogP contribution in [-0.4, -0.2) is 24.6 Å². The number of rotatable bonds is 7. The quantitative estimate of drug-likeness (QED) is 0.355. The third-order valence-corrected chi connectivity index (χ3v) is 3.85. The predicted octanol–water partition coefficient (Wildman–Crippen LogP) is 3.97. The molecule has 0 atom stereocenters.